The molecule has 0 atom stereocenters. The van der Waals surface area contributed by atoms with Gasteiger partial charge in [-0.25, -0.2) is 4.98 Å². The van der Waals surface area contributed by atoms with Gasteiger partial charge in [-0.3, -0.25) is 25.1 Å². The van der Waals surface area contributed by atoms with Gasteiger partial charge in [0.1, 0.15) is 5.69 Å². The predicted octanol–water partition coefficient (Wildman–Crippen LogP) is 3.87. The number of nitrogens with zero attached hydrogens (tertiary/aromatic N) is 4. The van der Waals surface area contributed by atoms with Crippen LogP contribution in [0.5, 0.6) is 0 Å². The number of thiazole rings is 1. The number of aromatic nitrogens is 1. The Bertz CT molecular complexity index is 1140. The third-order valence-electron chi connectivity index (χ3n) is 5.35. The van der Waals surface area contributed by atoms with E-state index in [1.807, 2.05) is 30.3 Å². The van der Waals surface area contributed by atoms with Crippen LogP contribution in [0.25, 0.3) is 11.3 Å². The molecular formula is C23H25N5O4S. The summed E-state index contributed by atoms with van der Waals surface area (Å²) in [4.78, 5) is 33.6. The summed E-state index contributed by atoms with van der Waals surface area (Å²) in [7, 11) is 3.44. The second kappa shape index (κ2) is 10.1. The van der Waals surface area contributed by atoms with Crippen LogP contribution in [0.15, 0.2) is 48.5 Å². The number of nitro benzene ring substituents is 1. The maximum absolute atomic E-state index is 12.9. The molecule has 1 N–H and O–H groups in total. The van der Waals surface area contributed by atoms with Crippen molar-refractivity contribution < 1.29 is 14.5 Å². The van der Waals surface area contributed by atoms with Crippen molar-refractivity contribution in [1.82, 2.24) is 9.88 Å². The van der Waals surface area contributed by atoms with Crippen LogP contribution in [0.3, 0.4) is 0 Å². The van der Waals surface area contributed by atoms with Gasteiger partial charge in [-0.2, -0.15) is 0 Å². The van der Waals surface area contributed by atoms with E-state index in [2.05, 4.69) is 10.2 Å². The molecule has 1 saturated heterocycles. The van der Waals surface area contributed by atoms with Gasteiger partial charge >= 0.3 is 0 Å². The number of benzene rings is 2. The van der Waals surface area contributed by atoms with E-state index in [1.165, 1.54) is 17.4 Å². The van der Waals surface area contributed by atoms with E-state index in [0.717, 1.165) is 29.2 Å². The molecule has 1 aliphatic rings. The molecule has 1 aromatic heterocycles. The van der Waals surface area contributed by atoms with Gasteiger partial charge in [-0.15, -0.1) is 0 Å². The summed E-state index contributed by atoms with van der Waals surface area (Å²) in [5.41, 5.74) is 2.33. The second-order valence-corrected chi connectivity index (χ2v) is 8.94. The van der Waals surface area contributed by atoms with Crippen molar-refractivity contribution in [1.29, 1.82) is 0 Å². The molecule has 1 fully saturated rings. The average Bonchev–Trinajstić information content (AvgIpc) is 3.21. The molecule has 33 heavy (non-hydrogen) atoms. The number of nitrogens with one attached hydrogen (secondary N) is 1. The number of anilines is 2. The highest BCUT2D eigenvalue weighted by Crippen LogP contribution is 2.33. The topological polar surface area (TPSA) is 101 Å². The first-order valence-electron chi connectivity index (χ1n) is 10.5. The highest BCUT2D eigenvalue weighted by atomic mass is 32.1. The first-order valence-corrected chi connectivity index (χ1v) is 11.4. The Hall–Kier alpha value is -3.34. The Labute approximate surface area is 195 Å². The molecule has 1 amide bonds. The zero-order valence-corrected chi connectivity index (χ0v) is 19.3. The summed E-state index contributed by atoms with van der Waals surface area (Å²) >= 11 is 1.42. The van der Waals surface area contributed by atoms with Gasteiger partial charge in [0.25, 0.3) is 11.6 Å². The Kier molecular flexibility index (Phi) is 6.97. The van der Waals surface area contributed by atoms with Crippen LogP contribution >= 0.6 is 11.3 Å². The molecule has 0 aliphatic carbocycles. The number of morpholine rings is 1. The third-order valence-corrected chi connectivity index (χ3v) is 6.31. The number of carbonyl (C=O) groups is 1. The molecule has 10 heteroatoms. The van der Waals surface area contributed by atoms with Crippen LogP contribution < -0.4 is 10.2 Å². The number of nitro groups is 1. The number of rotatable bonds is 7. The lowest BCUT2D eigenvalue weighted by atomic mass is 10.1. The molecular weight excluding hydrogens is 442 g/mol. The van der Waals surface area contributed by atoms with Gasteiger partial charge in [0.2, 0.25) is 0 Å². The fourth-order valence-corrected chi connectivity index (χ4v) is 4.68. The fourth-order valence-electron chi connectivity index (χ4n) is 3.65. The van der Waals surface area contributed by atoms with E-state index in [9.17, 15) is 14.9 Å². The van der Waals surface area contributed by atoms with Gasteiger partial charge in [0.15, 0.2) is 5.13 Å². The van der Waals surface area contributed by atoms with Crippen molar-refractivity contribution in [3.05, 3.63) is 69.1 Å². The highest BCUT2D eigenvalue weighted by Gasteiger charge is 2.22. The largest absolute Gasteiger partial charge is 0.379 e. The standard InChI is InChI=1S/C23H25N5O4S/c1-26(2)18-9-8-17(14-19(18)28(30)31)22(29)25-23-24-21(16-6-4-3-5-7-16)20(33-23)15-27-10-12-32-13-11-27/h3-9,14H,10-13,15H2,1-2H3,(H,24,25,29). The Morgan fingerprint density at radius 1 is 1.21 bits per heavy atom. The molecule has 9 nitrogen and oxygen atoms in total. The number of ether oxygens (including phenoxy) is 1. The van der Waals surface area contributed by atoms with Crippen molar-refractivity contribution in [2.24, 2.45) is 0 Å². The molecule has 0 spiro atoms. The first kappa shape index (κ1) is 22.8. The highest BCUT2D eigenvalue weighted by molar-refractivity contribution is 7.16. The van der Waals surface area contributed by atoms with E-state index in [4.69, 9.17) is 9.72 Å². The van der Waals surface area contributed by atoms with Crippen molar-refractivity contribution in [2.75, 3.05) is 50.6 Å². The molecule has 0 unspecified atom stereocenters. The van der Waals surface area contributed by atoms with Gasteiger partial charge in [-0.1, -0.05) is 41.7 Å². The van der Waals surface area contributed by atoms with E-state index >= 15 is 0 Å². The zero-order valence-electron chi connectivity index (χ0n) is 18.5. The minimum atomic E-state index is -0.483. The average molecular weight is 468 g/mol. The lowest BCUT2D eigenvalue weighted by molar-refractivity contribution is -0.384. The smallest absolute Gasteiger partial charge is 0.293 e. The monoisotopic (exact) mass is 467 g/mol. The van der Waals surface area contributed by atoms with Crippen LogP contribution in [0, 0.1) is 10.1 Å². The maximum Gasteiger partial charge on any atom is 0.293 e. The van der Waals surface area contributed by atoms with Gasteiger partial charge in [-0.05, 0) is 12.1 Å². The summed E-state index contributed by atoms with van der Waals surface area (Å²) in [6.07, 6.45) is 0. The number of hydrogen-bond acceptors (Lipinski definition) is 8. The Balaban J connectivity index is 1.60. The van der Waals surface area contributed by atoms with Gasteiger partial charge < -0.3 is 9.64 Å². The summed E-state index contributed by atoms with van der Waals surface area (Å²) in [6.45, 7) is 3.80. The molecule has 0 radical (unpaired) electrons. The molecule has 172 valence electrons. The van der Waals surface area contributed by atoms with E-state index in [0.29, 0.717) is 30.6 Å². The van der Waals surface area contributed by atoms with Crippen molar-refractivity contribution in [2.45, 2.75) is 6.54 Å². The molecule has 2 aromatic carbocycles. The Morgan fingerprint density at radius 3 is 2.61 bits per heavy atom. The summed E-state index contributed by atoms with van der Waals surface area (Å²) in [5, 5.41) is 14.8. The van der Waals surface area contributed by atoms with Crippen molar-refractivity contribution in [3.63, 3.8) is 0 Å². The molecule has 1 aliphatic heterocycles. The Morgan fingerprint density at radius 2 is 1.94 bits per heavy atom. The van der Waals surface area contributed by atoms with Crippen LogP contribution in [0.4, 0.5) is 16.5 Å². The van der Waals surface area contributed by atoms with Crippen LogP contribution in [0.2, 0.25) is 0 Å². The van der Waals surface area contributed by atoms with Gasteiger partial charge in [0.05, 0.1) is 23.8 Å². The summed E-state index contributed by atoms with van der Waals surface area (Å²) in [6, 6.07) is 14.3. The second-order valence-electron chi connectivity index (χ2n) is 7.85. The van der Waals surface area contributed by atoms with E-state index in [-0.39, 0.29) is 11.3 Å². The molecule has 0 saturated carbocycles. The van der Waals surface area contributed by atoms with Crippen molar-refractivity contribution in [3.8, 4) is 11.3 Å². The molecule has 3 aromatic rings. The van der Waals surface area contributed by atoms with Crippen LogP contribution in [-0.2, 0) is 11.3 Å². The minimum Gasteiger partial charge on any atom is -0.379 e. The number of hydrogen-bond donors (Lipinski definition) is 1. The lowest BCUT2D eigenvalue weighted by Gasteiger charge is -2.26. The quantitative estimate of drug-likeness (QED) is 0.416. The maximum atomic E-state index is 12.9. The normalized spacial score (nSPS) is 14.1. The lowest BCUT2D eigenvalue weighted by Crippen LogP contribution is -2.35. The third kappa shape index (κ3) is 5.36. The SMILES string of the molecule is CN(C)c1ccc(C(=O)Nc2nc(-c3ccccc3)c(CN3CCOCC3)s2)cc1[N+](=O)[O-]. The van der Waals surface area contributed by atoms with Crippen LogP contribution in [-0.4, -0.2) is 61.1 Å². The number of amides is 1. The van der Waals surface area contributed by atoms with Crippen molar-refractivity contribution >= 4 is 33.8 Å². The summed E-state index contributed by atoms with van der Waals surface area (Å²) in [5.74, 6) is -0.435. The first-order chi connectivity index (χ1) is 15.9. The van der Waals surface area contributed by atoms with E-state index in [1.54, 1.807) is 31.1 Å². The zero-order chi connectivity index (χ0) is 23.4. The summed E-state index contributed by atoms with van der Waals surface area (Å²) < 4.78 is 5.45. The van der Waals surface area contributed by atoms with Crippen LogP contribution in [0.1, 0.15) is 15.2 Å². The molecule has 4 rings (SSSR count). The number of carbonyl (C=O) groups excluding carboxylic acids is 1. The predicted molar refractivity (Wildman–Crippen MR) is 129 cm³/mol. The molecule has 0 bridgehead atoms. The van der Waals surface area contributed by atoms with Gasteiger partial charge in [0, 0.05) is 55.8 Å². The van der Waals surface area contributed by atoms with E-state index < -0.39 is 10.8 Å². The molecule has 2 heterocycles. The minimum absolute atomic E-state index is 0.121. The fraction of sp³-hybridized carbons (Fsp3) is 0.304.